The fourth-order valence-electron chi connectivity index (χ4n) is 1.19. The highest BCUT2D eigenvalue weighted by Crippen LogP contribution is 2.08. The number of amides is 1. The van der Waals surface area contributed by atoms with E-state index in [2.05, 4.69) is 11.8 Å². The van der Waals surface area contributed by atoms with Gasteiger partial charge in [-0.25, -0.2) is 0 Å². The fourth-order valence-corrected chi connectivity index (χ4v) is 1.19. The molecule has 0 bridgehead atoms. The van der Waals surface area contributed by atoms with Crippen LogP contribution in [-0.4, -0.2) is 11.7 Å². The van der Waals surface area contributed by atoms with Gasteiger partial charge in [0.15, 0.2) is 0 Å². The second-order valence-electron chi connectivity index (χ2n) is 3.15. The van der Waals surface area contributed by atoms with Crippen molar-refractivity contribution in [1.29, 1.82) is 0 Å². The predicted molar refractivity (Wildman–Crippen MR) is 56.9 cm³/mol. The lowest BCUT2D eigenvalue weighted by Gasteiger charge is -2.00. The highest BCUT2D eigenvalue weighted by molar-refractivity contribution is 5.92. The highest BCUT2D eigenvalue weighted by Gasteiger charge is 2.01. The molecular weight excluding hydrogens is 190 g/mol. The number of hydrogen-bond acceptors (Lipinski definition) is 2. The van der Waals surface area contributed by atoms with E-state index in [1.54, 1.807) is 12.1 Å². The smallest absolute Gasteiger partial charge is 0.293 e. The van der Waals surface area contributed by atoms with Gasteiger partial charge in [0.25, 0.3) is 5.91 Å². The third-order valence-corrected chi connectivity index (χ3v) is 1.78. The Morgan fingerprint density at radius 3 is 2.60 bits per heavy atom. The summed E-state index contributed by atoms with van der Waals surface area (Å²) >= 11 is 0. The van der Waals surface area contributed by atoms with Crippen molar-refractivity contribution in [1.82, 2.24) is 0 Å². The number of benzene rings is 1. The van der Waals surface area contributed by atoms with Crippen molar-refractivity contribution in [3.8, 4) is 11.8 Å². The van der Waals surface area contributed by atoms with Gasteiger partial charge in [0.2, 0.25) is 0 Å². The molecule has 0 saturated heterocycles. The van der Waals surface area contributed by atoms with Gasteiger partial charge in [-0.1, -0.05) is 24.1 Å². The Labute approximate surface area is 88.3 Å². The van der Waals surface area contributed by atoms with Crippen molar-refractivity contribution in [2.45, 2.75) is 13.3 Å². The van der Waals surface area contributed by atoms with Gasteiger partial charge in [0.1, 0.15) is 5.78 Å². The van der Waals surface area contributed by atoms with E-state index >= 15 is 0 Å². The number of carbonyl (C=O) groups is 2. The Morgan fingerprint density at radius 2 is 2.00 bits per heavy atom. The number of carbonyl (C=O) groups excluding carboxylic acids is 2. The molecule has 0 radical (unpaired) electrons. The van der Waals surface area contributed by atoms with E-state index in [9.17, 15) is 9.59 Å². The third-order valence-electron chi connectivity index (χ3n) is 1.78. The Kier molecular flexibility index (Phi) is 3.64. The first-order valence-corrected chi connectivity index (χ1v) is 4.48. The first-order valence-electron chi connectivity index (χ1n) is 4.48. The van der Waals surface area contributed by atoms with Gasteiger partial charge in [-0.05, 0) is 24.5 Å². The van der Waals surface area contributed by atoms with Crippen LogP contribution in [0.3, 0.4) is 0 Å². The molecule has 15 heavy (non-hydrogen) atoms. The second-order valence-corrected chi connectivity index (χ2v) is 3.15. The Bertz CT molecular complexity index is 452. The molecule has 1 aromatic carbocycles. The van der Waals surface area contributed by atoms with Crippen molar-refractivity contribution in [2.24, 2.45) is 5.73 Å². The number of Topliss-reactive ketones (excluding diaryl/α,β-unsaturated/α-hetero) is 1. The minimum absolute atomic E-state index is 0.0586. The van der Waals surface area contributed by atoms with Gasteiger partial charge in [-0.3, -0.25) is 9.59 Å². The minimum Gasteiger partial charge on any atom is -0.359 e. The fraction of sp³-hybridized carbons (Fsp3) is 0.167. The molecule has 0 aliphatic carbocycles. The normalized spacial score (nSPS) is 8.87. The van der Waals surface area contributed by atoms with Crippen molar-refractivity contribution < 1.29 is 9.59 Å². The molecule has 1 aromatic rings. The van der Waals surface area contributed by atoms with Gasteiger partial charge in [-0.2, -0.15) is 0 Å². The largest absolute Gasteiger partial charge is 0.359 e. The molecule has 0 fully saturated rings. The van der Waals surface area contributed by atoms with E-state index in [0.29, 0.717) is 12.0 Å². The maximum absolute atomic E-state index is 11.0. The number of ketones is 1. The van der Waals surface area contributed by atoms with Crippen LogP contribution in [0.2, 0.25) is 0 Å². The lowest BCUT2D eigenvalue weighted by atomic mass is 10.0. The van der Waals surface area contributed by atoms with Gasteiger partial charge >= 0.3 is 0 Å². The monoisotopic (exact) mass is 201 g/mol. The molecule has 0 aliphatic rings. The Hall–Kier alpha value is -2.08. The summed E-state index contributed by atoms with van der Waals surface area (Å²) in [6.07, 6.45) is 0.323. The maximum Gasteiger partial charge on any atom is 0.293 e. The van der Waals surface area contributed by atoms with Crippen LogP contribution in [0.25, 0.3) is 0 Å². The molecule has 76 valence electrons. The molecule has 0 aromatic heterocycles. The SMILES string of the molecule is CC(=O)Cc1ccccc1C#CC(N)=O. The van der Waals surface area contributed by atoms with E-state index in [-0.39, 0.29) is 5.78 Å². The number of primary amides is 1. The van der Waals surface area contributed by atoms with Crippen molar-refractivity contribution in [2.75, 3.05) is 0 Å². The highest BCUT2D eigenvalue weighted by atomic mass is 16.1. The summed E-state index contributed by atoms with van der Waals surface area (Å²) in [5, 5.41) is 0. The lowest BCUT2D eigenvalue weighted by Crippen LogP contribution is -2.06. The molecule has 0 unspecified atom stereocenters. The lowest BCUT2D eigenvalue weighted by molar-refractivity contribution is -0.116. The van der Waals surface area contributed by atoms with Crippen LogP contribution in [-0.2, 0) is 16.0 Å². The van der Waals surface area contributed by atoms with Crippen molar-refractivity contribution in [3.63, 3.8) is 0 Å². The molecule has 0 aliphatic heterocycles. The summed E-state index contributed by atoms with van der Waals surface area (Å²) in [4.78, 5) is 21.5. The first-order chi connectivity index (χ1) is 7.09. The van der Waals surface area contributed by atoms with E-state index < -0.39 is 5.91 Å². The zero-order valence-electron chi connectivity index (χ0n) is 8.41. The topological polar surface area (TPSA) is 60.2 Å². The van der Waals surface area contributed by atoms with E-state index in [0.717, 1.165) is 5.56 Å². The van der Waals surface area contributed by atoms with Gasteiger partial charge < -0.3 is 5.73 Å². The number of rotatable bonds is 2. The van der Waals surface area contributed by atoms with Crippen molar-refractivity contribution in [3.05, 3.63) is 35.4 Å². The van der Waals surface area contributed by atoms with E-state index in [1.807, 2.05) is 12.1 Å². The number of hydrogen-bond donors (Lipinski definition) is 1. The standard InChI is InChI=1S/C12H11NO2/c1-9(14)8-11-5-3-2-4-10(11)6-7-12(13)15/h2-5H,8H2,1H3,(H2,13,15). The van der Waals surface area contributed by atoms with Gasteiger partial charge in [-0.15, -0.1) is 0 Å². The second kappa shape index (κ2) is 4.97. The summed E-state index contributed by atoms with van der Waals surface area (Å²) in [6.45, 7) is 1.51. The average molecular weight is 201 g/mol. The molecule has 1 rings (SSSR count). The van der Waals surface area contributed by atoms with Crippen LogP contribution < -0.4 is 5.73 Å². The third kappa shape index (κ3) is 3.65. The van der Waals surface area contributed by atoms with E-state index in [4.69, 9.17) is 5.73 Å². The molecule has 0 atom stereocenters. The van der Waals surface area contributed by atoms with Crippen molar-refractivity contribution >= 4 is 11.7 Å². The molecule has 0 heterocycles. The average Bonchev–Trinajstić information content (AvgIpc) is 2.15. The van der Waals surface area contributed by atoms with E-state index in [1.165, 1.54) is 6.92 Å². The van der Waals surface area contributed by atoms with Crippen LogP contribution in [0.15, 0.2) is 24.3 Å². The van der Waals surface area contributed by atoms with Crippen LogP contribution in [0.5, 0.6) is 0 Å². The Balaban J connectivity index is 3.02. The summed E-state index contributed by atoms with van der Waals surface area (Å²) in [5.41, 5.74) is 6.40. The Morgan fingerprint density at radius 1 is 1.33 bits per heavy atom. The summed E-state index contributed by atoms with van der Waals surface area (Å²) < 4.78 is 0. The first kappa shape index (κ1) is 11.0. The van der Waals surface area contributed by atoms with Crippen LogP contribution >= 0.6 is 0 Å². The summed E-state index contributed by atoms with van der Waals surface area (Å²) in [7, 11) is 0. The summed E-state index contributed by atoms with van der Waals surface area (Å²) in [5.74, 6) is 4.28. The molecule has 2 N–H and O–H groups in total. The molecule has 0 saturated carbocycles. The molecule has 3 heteroatoms. The molecule has 3 nitrogen and oxygen atoms in total. The number of nitrogens with two attached hydrogens (primary N) is 1. The predicted octanol–water partition coefficient (Wildman–Crippen LogP) is 0.655. The van der Waals surface area contributed by atoms with Gasteiger partial charge in [0, 0.05) is 12.0 Å². The van der Waals surface area contributed by atoms with Crippen LogP contribution in [0, 0.1) is 11.8 Å². The summed E-state index contributed by atoms with van der Waals surface area (Å²) in [6, 6.07) is 7.20. The van der Waals surface area contributed by atoms with Crippen LogP contribution in [0.4, 0.5) is 0 Å². The zero-order valence-corrected chi connectivity index (χ0v) is 8.41. The minimum atomic E-state index is -0.673. The van der Waals surface area contributed by atoms with Crippen LogP contribution in [0.1, 0.15) is 18.1 Å². The molecule has 1 amide bonds. The molecule has 0 spiro atoms. The molecular formula is C12H11NO2. The quantitative estimate of drug-likeness (QED) is 0.714. The van der Waals surface area contributed by atoms with Gasteiger partial charge in [0.05, 0.1) is 0 Å². The maximum atomic E-state index is 11.0. The zero-order chi connectivity index (χ0) is 11.3.